The number of aromatic amines is 1. The highest BCUT2D eigenvalue weighted by atomic mass is 35.5. The lowest BCUT2D eigenvalue weighted by Crippen LogP contribution is -2.34. The van der Waals surface area contributed by atoms with Gasteiger partial charge >= 0.3 is 0 Å². The van der Waals surface area contributed by atoms with Crippen LogP contribution in [0.2, 0.25) is 10.0 Å². The maximum Gasteiger partial charge on any atom is 0.274 e. The molecule has 2 aliphatic rings. The van der Waals surface area contributed by atoms with Gasteiger partial charge in [-0.3, -0.25) is 9.89 Å². The molecule has 1 saturated heterocycles. The zero-order valence-electron chi connectivity index (χ0n) is 19.0. The minimum absolute atomic E-state index is 0.261. The fourth-order valence-electron chi connectivity index (χ4n) is 4.80. The van der Waals surface area contributed by atoms with Crippen molar-refractivity contribution in [3.63, 3.8) is 0 Å². The summed E-state index contributed by atoms with van der Waals surface area (Å²) in [6.45, 7) is 5.26. The van der Waals surface area contributed by atoms with E-state index in [9.17, 15) is 4.79 Å². The number of carbonyl (C=O) groups is 1. The molecule has 34 heavy (non-hydrogen) atoms. The molecule has 5 rings (SSSR count). The molecular weight excluding hydrogens is 478 g/mol. The lowest BCUT2D eigenvalue weighted by molar-refractivity contribution is 0.0951. The number of benzene rings is 2. The Morgan fingerprint density at radius 1 is 1.15 bits per heavy atom. The van der Waals surface area contributed by atoms with Gasteiger partial charge in [0.15, 0.2) is 5.75 Å². The van der Waals surface area contributed by atoms with Gasteiger partial charge < -0.3 is 15.0 Å². The van der Waals surface area contributed by atoms with Crippen LogP contribution in [-0.4, -0.2) is 29.2 Å². The van der Waals surface area contributed by atoms with Gasteiger partial charge in [0.05, 0.1) is 16.3 Å². The fraction of sp³-hybridized carbons (Fsp3) is 0.360. The van der Waals surface area contributed by atoms with Gasteiger partial charge in [-0.05, 0) is 57.0 Å². The molecule has 0 radical (unpaired) electrons. The minimum atomic E-state index is -0.930. The van der Waals surface area contributed by atoms with Gasteiger partial charge in [-0.25, -0.2) is 4.39 Å². The zero-order chi connectivity index (χ0) is 24.0. The quantitative estimate of drug-likeness (QED) is 0.413. The largest absolute Gasteiger partial charge is 0.480 e. The lowest BCUT2D eigenvalue weighted by atomic mass is 9.88. The Labute approximate surface area is 207 Å². The first kappa shape index (κ1) is 23.0. The Morgan fingerprint density at radius 3 is 2.59 bits per heavy atom. The van der Waals surface area contributed by atoms with Crippen molar-refractivity contribution in [2.75, 3.05) is 23.3 Å². The molecule has 3 heterocycles. The molecule has 2 N–H and O–H groups in total. The molecule has 1 amide bonds. The average molecular weight is 503 g/mol. The van der Waals surface area contributed by atoms with Crippen LogP contribution >= 0.6 is 23.2 Å². The van der Waals surface area contributed by atoms with Gasteiger partial charge in [0.1, 0.15) is 28.5 Å². The van der Waals surface area contributed by atoms with Gasteiger partial charge in [-0.2, -0.15) is 5.10 Å². The van der Waals surface area contributed by atoms with Gasteiger partial charge in [0, 0.05) is 23.7 Å². The third-order valence-electron chi connectivity index (χ3n) is 6.39. The minimum Gasteiger partial charge on any atom is -0.480 e. The van der Waals surface area contributed by atoms with Crippen molar-refractivity contribution in [1.29, 1.82) is 0 Å². The van der Waals surface area contributed by atoms with E-state index < -0.39 is 11.5 Å². The smallest absolute Gasteiger partial charge is 0.274 e. The predicted molar refractivity (Wildman–Crippen MR) is 133 cm³/mol. The fourth-order valence-corrected chi connectivity index (χ4v) is 5.25. The van der Waals surface area contributed by atoms with Crippen molar-refractivity contribution < 1.29 is 13.9 Å². The number of amides is 1. The van der Waals surface area contributed by atoms with E-state index in [-0.39, 0.29) is 11.5 Å². The van der Waals surface area contributed by atoms with E-state index in [0.717, 1.165) is 38.8 Å². The summed E-state index contributed by atoms with van der Waals surface area (Å²) in [5.74, 6) is -0.252. The van der Waals surface area contributed by atoms with Crippen LogP contribution < -0.4 is 15.0 Å². The number of hydrogen-bond acceptors (Lipinski definition) is 4. The summed E-state index contributed by atoms with van der Waals surface area (Å²) < 4.78 is 21.6. The van der Waals surface area contributed by atoms with Gasteiger partial charge in [0.2, 0.25) is 0 Å². The molecule has 178 valence electrons. The highest BCUT2D eigenvalue weighted by Gasteiger charge is 2.41. The molecule has 1 fully saturated rings. The normalized spacial score (nSPS) is 16.8. The molecule has 9 heteroatoms. The molecular formula is C25H25Cl2FN4O2. The zero-order valence-corrected chi connectivity index (χ0v) is 20.5. The Morgan fingerprint density at radius 2 is 1.88 bits per heavy atom. The standard InChI is InChI=1S/C25H25Cl2FN4O2/c1-25(2)19-20(30-31-21(19)24(33)29-18-10-7-14(26)13-16(18)27)15-8-9-17(28)22(23(15)34-25)32-11-5-3-4-6-12-32/h7-10,13H,3-6,11-12H2,1-2H3,(H,29,33)(H,30,31). The maximum absolute atomic E-state index is 15.1. The van der Waals surface area contributed by atoms with Gasteiger partial charge in [-0.1, -0.05) is 36.0 Å². The molecule has 6 nitrogen and oxygen atoms in total. The summed E-state index contributed by atoms with van der Waals surface area (Å²) in [7, 11) is 0. The number of fused-ring (bicyclic) bond motifs is 3. The summed E-state index contributed by atoms with van der Waals surface area (Å²) >= 11 is 12.2. The first-order chi connectivity index (χ1) is 16.3. The highest BCUT2D eigenvalue weighted by Crippen LogP contribution is 2.50. The van der Waals surface area contributed by atoms with Gasteiger partial charge in [0.25, 0.3) is 5.91 Å². The number of carbonyl (C=O) groups excluding carboxylic acids is 1. The number of halogens is 3. The second-order valence-corrected chi connectivity index (χ2v) is 10.0. The van der Waals surface area contributed by atoms with Crippen LogP contribution in [0.25, 0.3) is 11.3 Å². The van der Waals surface area contributed by atoms with Crippen LogP contribution in [0.3, 0.4) is 0 Å². The summed E-state index contributed by atoms with van der Waals surface area (Å²) in [5, 5.41) is 10.9. The van der Waals surface area contributed by atoms with E-state index >= 15 is 4.39 Å². The first-order valence-electron chi connectivity index (χ1n) is 11.4. The summed E-state index contributed by atoms with van der Waals surface area (Å²) in [6, 6.07) is 7.96. The number of H-pyrrole nitrogens is 1. The molecule has 0 saturated carbocycles. The Bertz CT molecular complexity index is 1270. The predicted octanol–water partition coefficient (Wildman–Crippen LogP) is 6.78. The van der Waals surface area contributed by atoms with Crippen LogP contribution in [0.15, 0.2) is 30.3 Å². The molecule has 0 unspecified atom stereocenters. The van der Waals surface area contributed by atoms with E-state index in [1.807, 2.05) is 13.8 Å². The van der Waals surface area contributed by atoms with Crippen molar-refractivity contribution in [3.8, 4) is 17.0 Å². The number of rotatable bonds is 3. The van der Waals surface area contributed by atoms with Crippen molar-refractivity contribution in [3.05, 3.63) is 57.5 Å². The van der Waals surface area contributed by atoms with Crippen molar-refractivity contribution in [1.82, 2.24) is 10.2 Å². The number of aromatic nitrogens is 2. The monoisotopic (exact) mass is 502 g/mol. The average Bonchev–Trinajstić information content (AvgIpc) is 3.07. The number of anilines is 2. The van der Waals surface area contributed by atoms with Crippen LogP contribution in [0.1, 0.15) is 55.6 Å². The van der Waals surface area contributed by atoms with Crippen molar-refractivity contribution in [2.45, 2.75) is 45.1 Å². The first-order valence-corrected chi connectivity index (χ1v) is 12.1. The molecule has 1 aromatic heterocycles. The van der Waals surface area contributed by atoms with Crippen LogP contribution in [0.5, 0.6) is 5.75 Å². The topological polar surface area (TPSA) is 70.2 Å². The van der Waals surface area contributed by atoms with Crippen LogP contribution in [0.4, 0.5) is 15.8 Å². The summed E-state index contributed by atoms with van der Waals surface area (Å²) in [6.07, 6.45) is 4.30. The summed E-state index contributed by atoms with van der Waals surface area (Å²) in [5.41, 5.74) is 2.08. The third-order valence-corrected chi connectivity index (χ3v) is 6.94. The van der Waals surface area contributed by atoms with Crippen molar-refractivity contribution in [2.24, 2.45) is 0 Å². The molecule has 0 spiro atoms. The molecule has 2 aromatic carbocycles. The Kier molecular flexibility index (Phi) is 5.94. The number of nitrogens with zero attached hydrogens (tertiary/aromatic N) is 2. The Hall–Kier alpha value is -2.77. The number of ether oxygens (including phenoxy) is 1. The number of nitrogens with one attached hydrogen (secondary N) is 2. The van der Waals surface area contributed by atoms with E-state index in [2.05, 4.69) is 20.4 Å². The maximum atomic E-state index is 15.1. The van der Waals surface area contributed by atoms with E-state index in [1.165, 1.54) is 6.07 Å². The van der Waals surface area contributed by atoms with Crippen molar-refractivity contribution >= 4 is 40.5 Å². The molecule has 0 atom stereocenters. The molecule has 0 bridgehead atoms. The second-order valence-electron chi connectivity index (χ2n) is 9.19. The Balaban J connectivity index is 1.56. The highest BCUT2D eigenvalue weighted by molar-refractivity contribution is 6.36. The SMILES string of the molecule is CC1(C)Oc2c(ccc(F)c2N2CCCCCC2)-c2n[nH]c(C(=O)Nc3ccc(Cl)cc3Cl)c21. The third kappa shape index (κ3) is 4.01. The lowest BCUT2D eigenvalue weighted by Gasteiger charge is -2.36. The van der Waals surface area contributed by atoms with Crippen LogP contribution in [-0.2, 0) is 5.60 Å². The van der Waals surface area contributed by atoms with E-state index in [0.29, 0.717) is 44.0 Å². The molecule has 2 aliphatic heterocycles. The van der Waals surface area contributed by atoms with E-state index in [4.69, 9.17) is 27.9 Å². The van der Waals surface area contributed by atoms with E-state index in [1.54, 1.807) is 24.3 Å². The summed E-state index contributed by atoms with van der Waals surface area (Å²) in [4.78, 5) is 15.3. The second kappa shape index (κ2) is 8.78. The van der Waals surface area contributed by atoms with Crippen LogP contribution in [0, 0.1) is 5.82 Å². The molecule has 3 aromatic rings. The van der Waals surface area contributed by atoms with Gasteiger partial charge in [-0.15, -0.1) is 0 Å². The number of hydrogen-bond donors (Lipinski definition) is 2. The molecule has 0 aliphatic carbocycles.